The molecular weight excluding hydrogens is 474 g/mol. The first-order valence-corrected chi connectivity index (χ1v) is 12.4. The van der Waals surface area contributed by atoms with E-state index in [0.29, 0.717) is 28.5 Å². The van der Waals surface area contributed by atoms with Crippen molar-refractivity contribution in [2.75, 3.05) is 17.7 Å². The van der Waals surface area contributed by atoms with E-state index in [-0.39, 0.29) is 11.7 Å². The Labute approximate surface area is 211 Å². The lowest BCUT2D eigenvalue weighted by molar-refractivity contribution is -0.113. The average Bonchev–Trinajstić information content (AvgIpc) is 3.34. The minimum atomic E-state index is -0.393. The van der Waals surface area contributed by atoms with Crippen molar-refractivity contribution in [3.63, 3.8) is 0 Å². The zero-order valence-electron chi connectivity index (χ0n) is 19.8. The highest BCUT2D eigenvalue weighted by Crippen LogP contribution is 2.29. The molecule has 3 aromatic carbocycles. The van der Waals surface area contributed by atoms with Crippen LogP contribution in [0.15, 0.2) is 77.8 Å². The molecule has 0 saturated heterocycles. The van der Waals surface area contributed by atoms with Gasteiger partial charge < -0.3 is 10.1 Å². The maximum Gasteiger partial charge on any atom is 0.338 e. The fourth-order valence-corrected chi connectivity index (χ4v) is 4.54. The van der Waals surface area contributed by atoms with Gasteiger partial charge in [0.1, 0.15) is 5.03 Å². The van der Waals surface area contributed by atoms with E-state index in [9.17, 15) is 9.59 Å². The van der Waals surface area contributed by atoms with Crippen LogP contribution in [0, 0.1) is 6.92 Å². The number of aromatic nitrogens is 4. The Morgan fingerprint density at radius 1 is 0.972 bits per heavy atom. The highest BCUT2D eigenvalue weighted by molar-refractivity contribution is 8.00. The molecule has 180 valence electrons. The Bertz CT molecular complexity index is 1560. The zero-order valence-corrected chi connectivity index (χ0v) is 20.6. The lowest BCUT2D eigenvalue weighted by Gasteiger charge is -2.09. The first-order valence-electron chi connectivity index (χ1n) is 11.4. The van der Waals surface area contributed by atoms with Crippen molar-refractivity contribution in [1.29, 1.82) is 0 Å². The Morgan fingerprint density at radius 3 is 2.47 bits per heavy atom. The van der Waals surface area contributed by atoms with Gasteiger partial charge in [-0.15, -0.1) is 10.2 Å². The molecule has 0 unspecified atom stereocenters. The van der Waals surface area contributed by atoms with Crippen LogP contribution in [0.5, 0.6) is 0 Å². The number of aryl methyl sites for hydroxylation is 1. The molecule has 0 aliphatic carbocycles. The van der Waals surface area contributed by atoms with Crippen molar-refractivity contribution in [2.24, 2.45) is 0 Å². The van der Waals surface area contributed by atoms with Crippen LogP contribution in [0.3, 0.4) is 0 Å². The number of para-hydroxylation sites is 2. The molecule has 1 N–H and O–H groups in total. The molecule has 2 aromatic heterocycles. The van der Waals surface area contributed by atoms with Crippen LogP contribution in [0.25, 0.3) is 28.1 Å². The summed E-state index contributed by atoms with van der Waals surface area (Å²) < 4.78 is 6.98. The molecule has 8 nitrogen and oxygen atoms in total. The minimum absolute atomic E-state index is 0.132. The molecule has 9 heteroatoms. The van der Waals surface area contributed by atoms with Crippen molar-refractivity contribution in [3.05, 3.63) is 83.9 Å². The lowest BCUT2D eigenvalue weighted by atomic mass is 10.1. The van der Waals surface area contributed by atoms with E-state index in [2.05, 4.69) is 15.5 Å². The Kier molecular flexibility index (Phi) is 6.64. The first kappa shape index (κ1) is 23.5. The van der Waals surface area contributed by atoms with Gasteiger partial charge in [0, 0.05) is 11.3 Å². The summed E-state index contributed by atoms with van der Waals surface area (Å²) in [6, 6.07) is 22.5. The fourth-order valence-electron chi connectivity index (χ4n) is 3.78. The molecule has 0 spiro atoms. The number of thioether (sulfide) groups is 1. The van der Waals surface area contributed by atoms with E-state index in [1.807, 2.05) is 59.9 Å². The lowest BCUT2D eigenvalue weighted by Crippen LogP contribution is -2.14. The molecule has 0 saturated carbocycles. The highest BCUT2D eigenvalue weighted by atomic mass is 32.2. The van der Waals surface area contributed by atoms with Crippen LogP contribution in [-0.4, -0.2) is 43.8 Å². The highest BCUT2D eigenvalue weighted by Gasteiger charge is 2.17. The number of benzene rings is 3. The summed E-state index contributed by atoms with van der Waals surface area (Å²) in [7, 11) is 0. The number of anilines is 1. The first-order chi connectivity index (χ1) is 17.5. The summed E-state index contributed by atoms with van der Waals surface area (Å²) in [5.41, 5.74) is 5.42. The van der Waals surface area contributed by atoms with Crippen molar-refractivity contribution >= 4 is 46.0 Å². The van der Waals surface area contributed by atoms with Crippen LogP contribution in [0.2, 0.25) is 0 Å². The molecule has 5 aromatic rings. The second kappa shape index (κ2) is 10.2. The second-order valence-corrected chi connectivity index (χ2v) is 9.05. The summed E-state index contributed by atoms with van der Waals surface area (Å²) in [5.74, 6) is 0.260. The quantitative estimate of drug-likeness (QED) is 0.245. The number of esters is 1. The van der Waals surface area contributed by atoms with Crippen molar-refractivity contribution in [1.82, 2.24) is 19.6 Å². The Balaban J connectivity index is 1.39. The normalized spacial score (nSPS) is 11.1. The number of fused-ring (bicyclic) bond motifs is 3. The summed E-state index contributed by atoms with van der Waals surface area (Å²) in [6.45, 7) is 4.11. The van der Waals surface area contributed by atoms with E-state index < -0.39 is 5.97 Å². The molecule has 0 atom stereocenters. The van der Waals surface area contributed by atoms with Gasteiger partial charge in [-0.2, -0.15) is 0 Å². The predicted octanol–water partition coefficient (Wildman–Crippen LogP) is 5.16. The molecule has 1 amide bonds. The number of ether oxygens (including phenoxy) is 1. The zero-order chi connectivity index (χ0) is 25.1. The minimum Gasteiger partial charge on any atom is -0.462 e. The average molecular weight is 498 g/mol. The van der Waals surface area contributed by atoms with Gasteiger partial charge >= 0.3 is 5.97 Å². The number of nitrogens with one attached hydrogen (secondary N) is 1. The number of hydrogen-bond acceptors (Lipinski definition) is 7. The van der Waals surface area contributed by atoms with E-state index in [1.165, 1.54) is 11.8 Å². The third-order valence-corrected chi connectivity index (χ3v) is 6.48. The molecular formula is C27H23N5O3S. The van der Waals surface area contributed by atoms with E-state index in [0.717, 1.165) is 28.0 Å². The van der Waals surface area contributed by atoms with Gasteiger partial charge in [-0.1, -0.05) is 53.7 Å². The van der Waals surface area contributed by atoms with Gasteiger partial charge in [0.2, 0.25) is 5.91 Å². The number of hydrogen-bond donors (Lipinski definition) is 1. The molecule has 0 fully saturated rings. The largest absolute Gasteiger partial charge is 0.462 e. The summed E-state index contributed by atoms with van der Waals surface area (Å²) in [4.78, 5) is 29.2. The molecule has 2 heterocycles. The van der Waals surface area contributed by atoms with Crippen LogP contribution < -0.4 is 5.32 Å². The molecule has 5 rings (SSSR count). The van der Waals surface area contributed by atoms with Crippen LogP contribution in [0.1, 0.15) is 22.8 Å². The summed E-state index contributed by atoms with van der Waals surface area (Å²) in [6.07, 6.45) is 0. The summed E-state index contributed by atoms with van der Waals surface area (Å²) >= 11 is 1.30. The van der Waals surface area contributed by atoms with E-state index in [4.69, 9.17) is 9.72 Å². The molecule has 0 bridgehead atoms. The molecule has 36 heavy (non-hydrogen) atoms. The van der Waals surface area contributed by atoms with Crippen LogP contribution in [-0.2, 0) is 9.53 Å². The van der Waals surface area contributed by atoms with Crippen molar-refractivity contribution in [3.8, 4) is 11.4 Å². The second-order valence-electron chi connectivity index (χ2n) is 8.09. The van der Waals surface area contributed by atoms with E-state index >= 15 is 0 Å². The van der Waals surface area contributed by atoms with Crippen LogP contribution in [0.4, 0.5) is 5.69 Å². The van der Waals surface area contributed by atoms with Crippen LogP contribution >= 0.6 is 11.8 Å². The molecule has 0 aliphatic heterocycles. The number of rotatable bonds is 7. The maximum absolute atomic E-state index is 12.7. The van der Waals surface area contributed by atoms with Gasteiger partial charge in [0.05, 0.1) is 29.0 Å². The third kappa shape index (κ3) is 4.78. The third-order valence-electron chi connectivity index (χ3n) is 5.53. The van der Waals surface area contributed by atoms with Gasteiger partial charge in [0.25, 0.3) is 0 Å². The Morgan fingerprint density at radius 2 is 1.72 bits per heavy atom. The summed E-state index contributed by atoms with van der Waals surface area (Å²) in [5, 5.41) is 12.3. The van der Waals surface area contributed by atoms with Gasteiger partial charge in [-0.25, -0.2) is 9.78 Å². The number of carbonyl (C=O) groups is 2. The monoisotopic (exact) mass is 497 g/mol. The smallest absolute Gasteiger partial charge is 0.338 e. The maximum atomic E-state index is 12.7. The van der Waals surface area contributed by atoms with Gasteiger partial charge in [-0.05, 0) is 50.2 Å². The van der Waals surface area contributed by atoms with Crippen molar-refractivity contribution in [2.45, 2.75) is 18.9 Å². The fraction of sp³-hybridized carbons (Fsp3) is 0.148. The SMILES string of the molecule is CCOC(=O)c1ccc(NC(=O)CSc2nc3ccccc3n3c(-c4ccc(C)cc4)nnc23)cc1. The molecule has 0 radical (unpaired) electrons. The number of amides is 1. The van der Waals surface area contributed by atoms with Crippen molar-refractivity contribution < 1.29 is 14.3 Å². The topological polar surface area (TPSA) is 98.5 Å². The molecule has 0 aliphatic rings. The number of nitrogens with zero attached hydrogens (tertiary/aromatic N) is 4. The predicted molar refractivity (Wildman–Crippen MR) is 140 cm³/mol. The standard InChI is InChI=1S/C27H23N5O3S/c1-3-35-27(34)19-12-14-20(15-13-19)28-23(33)16-36-26-25-31-30-24(18-10-8-17(2)9-11-18)32(25)22-7-5-4-6-21(22)29-26/h4-15H,3,16H2,1-2H3,(H,28,33). The van der Waals surface area contributed by atoms with Gasteiger partial charge in [-0.3, -0.25) is 9.20 Å². The van der Waals surface area contributed by atoms with E-state index in [1.54, 1.807) is 31.2 Å². The number of carbonyl (C=O) groups excluding carboxylic acids is 2. The van der Waals surface area contributed by atoms with Gasteiger partial charge in [0.15, 0.2) is 11.5 Å². The Hall–Kier alpha value is -4.24.